The van der Waals surface area contributed by atoms with E-state index in [2.05, 4.69) is 17.5 Å². The number of thiol groups is 1. The van der Waals surface area contributed by atoms with Crippen LogP contribution in [0.15, 0.2) is 48.5 Å². The summed E-state index contributed by atoms with van der Waals surface area (Å²) in [5.41, 5.74) is 8.98. The number of methoxy groups -OCH3 is 6. The van der Waals surface area contributed by atoms with E-state index >= 15 is 0 Å². The maximum atomic E-state index is 12.7. The summed E-state index contributed by atoms with van der Waals surface area (Å²) in [6.45, 7) is 21.8. The minimum Gasteiger partial charge on any atom is -0.461 e. The molecule has 0 heterocycles. The van der Waals surface area contributed by atoms with E-state index in [-0.39, 0.29) is 184 Å². The second kappa shape index (κ2) is 67.4. The third-order valence-corrected chi connectivity index (χ3v) is 20.1. The van der Waals surface area contributed by atoms with Crippen molar-refractivity contribution in [3.8, 4) is 23.0 Å². The zero-order chi connectivity index (χ0) is 93.7. The van der Waals surface area contributed by atoms with Gasteiger partial charge in [-0.05, 0) is 271 Å². The van der Waals surface area contributed by atoms with Gasteiger partial charge in [-0.15, -0.1) is 0 Å². The molecule has 0 aliphatic rings. The van der Waals surface area contributed by atoms with Crippen LogP contribution in [0.5, 0.6) is 23.0 Å². The number of hydrogen-bond acceptors (Lipinski definition) is 33. The zero-order valence-electron chi connectivity index (χ0n) is 76.6. The highest BCUT2D eigenvalue weighted by atomic mass is 32.1. The summed E-state index contributed by atoms with van der Waals surface area (Å²) in [6, 6.07) is 14.5. The van der Waals surface area contributed by atoms with Gasteiger partial charge in [-0.2, -0.15) is 0 Å². The quantitative estimate of drug-likeness (QED) is 0.00881. The van der Waals surface area contributed by atoms with Crippen LogP contribution in [0.25, 0.3) is 0 Å². The number of amides is 1. The maximum Gasteiger partial charge on any atom is 0.417 e. The molecule has 34 heteroatoms. The first kappa shape index (κ1) is 115. The van der Waals surface area contributed by atoms with E-state index in [9.17, 15) is 69.0 Å². The molecule has 0 saturated carbocycles. The lowest BCUT2D eigenvalue weighted by atomic mass is 9.72. The molecule has 0 fully saturated rings. The van der Waals surface area contributed by atoms with E-state index in [1.807, 2.05) is 91.8 Å². The van der Waals surface area contributed by atoms with Gasteiger partial charge in [-0.3, -0.25) is 28.7 Å². The van der Waals surface area contributed by atoms with Crippen LogP contribution in [0.3, 0.4) is 0 Å². The van der Waals surface area contributed by atoms with Gasteiger partial charge < -0.3 is 116 Å². The molecule has 4 aromatic rings. The van der Waals surface area contributed by atoms with Gasteiger partial charge in [-0.25, -0.2) is 14.4 Å². The van der Waals surface area contributed by atoms with Gasteiger partial charge in [0.1, 0.15) is 87.1 Å². The van der Waals surface area contributed by atoms with E-state index < -0.39 is 18.0 Å². The highest BCUT2D eigenvalue weighted by Gasteiger charge is 2.32. The topological polar surface area (TPSA) is 436 Å². The number of esters is 7. The Morgan fingerprint density at radius 1 is 0.320 bits per heavy atom. The Labute approximate surface area is 743 Å². The third-order valence-electron chi connectivity index (χ3n) is 19.9. The fourth-order valence-corrected chi connectivity index (χ4v) is 13.8. The molecule has 0 radical (unpaired) electrons. The van der Waals surface area contributed by atoms with Crippen molar-refractivity contribution in [1.82, 2.24) is 4.72 Å². The van der Waals surface area contributed by atoms with Crippen LogP contribution in [0.4, 0.5) is 4.79 Å². The molecule has 4 rings (SSSR count). The van der Waals surface area contributed by atoms with E-state index in [1.54, 1.807) is 54.8 Å². The summed E-state index contributed by atoms with van der Waals surface area (Å²) in [5.74, 6) is -0.830. The minimum absolute atomic E-state index is 0.0640. The van der Waals surface area contributed by atoms with Crippen LogP contribution < -0.4 is 23.7 Å². The Morgan fingerprint density at radius 2 is 0.536 bits per heavy atom. The Morgan fingerprint density at radius 3 is 0.744 bits per heavy atom. The first-order valence-electron chi connectivity index (χ1n) is 41.9. The summed E-state index contributed by atoms with van der Waals surface area (Å²) in [6.07, 6.45) is 7.99. The van der Waals surface area contributed by atoms with Crippen LogP contribution in [-0.4, -0.2) is 251 Å². The Bertz CT molecular complexity index is 3510. The van der Waals surface area contributed by atoms with Crippen molar-refractivity contribution in [3.05, 3.63) is 115 Å². The largest absolute Gasteiger partial charge is 0.461 e. The number of benzene rings is 4. The molecule has 33 nitrogen and oxygen atoms in total. The monoisotopic (exact) mass is 1790 g/mol. The lowest BCUT2D eigenvalue weighted by Crippen LogP contribution is -2.30. The molecule has 0 aliphatic heterocycles. The number of rotatable bonds is 60. The molecule has 125 heavy (non-hydrogen) atoms. The second-order valence-corrected chi connectivity index (χ2v) is 30.8. The number of aliphatic hydroxyl groups is 6. The van der Waals surface area contributed by atoms with Gasteiger partial charge in [0.25, 0.3) is 0 Å². The molecule has 710 valence electrons. The smallest absolute Gasteiger partial charge is 0.417 e. The van der Waals surface area contributed by atoms with Crippen LogP contribution in [-0.2, 0) is 126 Å². The normalized spacial score (nSPS) is 12.2. The van der Waals surface area contributed by atoms with Gasteiger partial charge in [0.2, 0.25) is 0 Å². The van der Waals surface area contributed by atoms with Crippen molar-refractivity contribution in [2.24, 2.45) is 10.8 Å². The molecule has 0 bridgehead atoms. The molecular formula is C91H143NO32S. The summed E-state index contributed by atoms with van der Waals surface area (Å²) in [7, 11) is 9.46. The maximum absolute atomic E-state index is 12.7. The van der Waals surface area contributed by atoms with E-state index in [0.717, 1.165) is 105 Å². The predicted octanol–water partition coefficient (Wildman–Crippen LogP) is 10.7. The van der Waals surface area contributed by atoms with Crippen molar-refractivity contribution in [1.29, 1.82) is 0 Å². The summed E-state index contributed by atoms with van der Waals surface area (Å²) in [4.78, 5) is 93.8. The third kappa shape index (κ3) is 49.9. The number of ether oxygens (including phenoxy) is 18. The van der Waals surface area contributed by atoms with Crippen LogP contribution in [0.2, 0.25) is 0 Å². The van der Waals surface area contributed by atoms with Gasteiger partial charge in [0.05, 0.1) is 52.9 Å². The first-order chi connectivity index (χ1) is 59.7. The Kier molecular flexibility index (Phi) is 62.1. The Hall–Kier alpha value is -7.85. The average Bonchev–Trinajstić information content (AvgIpc) is 0.857. The van der Waals surface area contributed by atoms with E-state index in [1.165, 1.54) is 20.8 Å². The van der Waals surface area contributed by atoms with Crippen molar-refractivity contribution in [2.75, 3.05) is 148 Å². The summed E-state index contributed by atoms with van der Waals surface area (Å²) < 4.78 is 97.5. The van der Waals surface area contributed by atoms with Crippen LogP contribution >= 0.6 is 12.8 Å². The SMILES string of the molecule is CC(=O)OCc1cc(C)c(OC(=O)CCC(CCCO)(CCCO)CCCO)c(C)c1.COCC(COCC(COCC(=O)Oc1c(C)cc(COC(C)=O)cc1C)OC)OC.COCC(COCC(COCC(=O)Oc1c(C)cc(COC(C)=O)cc1C)OC)OC.Cc1cc(COC(=O)NS)cc(C)c1OC(=O)CCC(CCCO)(CCCO)CCCO. The lowest BCUT2D eigenvalue weighted by Gasteiger charge is -2.34. The second-order valence-electron chi connectivity index (χ2n) is 30.6. The number of aryl methyl sites for hydroxylation is 8. The average molecular weight is 1800 g/mol. The molecule has 4 aromatic carbocycles. The van der Waals surface area contributed by atoms with E-state index in [0.29, 0.717) is 101 Å². The van der Waals surface area contributed by atoms with Crippen LogP contribution in [0.1, 0.15) is 190 Å². The molecule has 0 aliphatic carbocycles. The zero-order valence-corrected chi connectivity index (χ0v) is 77.5. The number of carbonyl (C=O) groups is 8. The van der Waals surface area contributed by atoms with Crippen LogP contribution in [0, 0.1) is 66.2 Å². The molecule has 1 amide bonds. The molecule has 0 aromatic heterocycles. The highest BCUT2D eigenvalue weighted by Crippen LogP contribution is 2.42. The predicted molar refractivity (Wildman–Crippen MR) is 466 cm³/mol. The molecular weight excluding hydrogens is 1650 g/mol. The van der Waals surface area contributed by atoms with Gasteiger partial charge >= 0.3 is 47.9 Å². The standard InChI is InChI=1S/C24H38O7.C23H37NO7S.2C22H34O9/c1-18-15-21(17-30-20(3)28)16-19(2)23(18)31-22(29)7-11-24(8-4-12-25,9-5-13-26)10-6-14-27;1-17-14-19(16-30-22(29)24-32)15-18(2)21(17)31-20(28)6-10-23(7-3-11-25,8-4-12-26)9-5-13-27;2*1-15-7-18(9-30-17(3)23)8-16(2)22(15)31-21(24)14-29-13-20(27-6)12-28-11-19(26-5)10-25-4/h15-16,25-27H,4-14,17H2,1-3H3;14-15,25-27,32H,3-13,16H2,1-2H3,(H,24,29);2*7-8,19-20H,9-14H2,1-6H3. The number of nitrogens with one attached hydrogen (secondary N) is 1. The molecule has 4 unspecified atom stereocenters. The van der Waals surface area contributed by atoms with Crippen molar-refractivity contribution in [2.45, 2.75) is 230 Å². The van der Waals surface area contributed by atoms with Crippen molar-refractivity contribution >= 4 is 60.7 Å². The summed E-state index contributed by atoms with van der Waals surface area (Å²) >= 11 is 3.63. The van der Waals surface area contributed by atoms with Crippen molar-refractivity contribution < 1.29 is 154 Å². The molecule has 0 saturated heterocycles. The first-order valence-corrected chi connectivity index (χ1v) is 42.4. The number of aliphatic hydroxyl groups excluding tert-OH is 6. The van der Waals surface area contributed by atoms with E-state index in [4.69, 9.17) is 85.3 Å². The molecule has 4 atom stereocenters. The van der Waals surface area contributed by atoms with Crippen molar-refractivity contribution in [3.63, 3.8) is 0 Å². The fourth-order valence-electron chi connectivity index (χ4n) is 13.8. The summed E-state index contributed by atoms with van der Waals surface area (Å²) in [5, 5.41) is 55.7. The fraction of sp³-hybridized carbons (Fsp3) is 0.648. The number of carbonyl (C=O) groups excluding carboxylic acids is 8. The highest BCUT2D eigenvalue weighted by molar-refractivity contribution is 7.78. The molecule has 0 spiro atoms. The molecule has 7 N–H and O–H groups in total. The lowest BCUT2D eigenvalue weighted by molar-refractivity contribution is -0.143. The van der Waals surface area contributed by atoms with Gasteiger partial charge in [-0.1, -0.05) is 12.8 Å². The van der Waals surface area contributed by atoms with Gasteiger partial charge in [0.15, 0.2) is 0 Å². The Balaban J connectivity index is 0.000000833. The van der Waals surface area contributed by atoms with Gasteiger partial charge in [0, 0.05) is 116 Å². The number of hydrogen-bond donors (Lipinski definition) is 8. The minimum atomic E-state index is -0.647.